The molecule has 118 valence electrons. The zero-order chi connectivity index (χ0) is 16.6. The van der Waals surface area contributed by atoms with Crippen LogP contribution in [0.25, 0.3) is 39.3 Å². The van der Waals surface area contributed by atoms with Crippen molar-refractivity contribution in [2.24, 2.45) is 0 Å². The van der Waals surface area contributed by atoms with Crippen molar-refractivity contribution in [3.05, 3.63) is 73.3 Å². The summed E-state index contributed by atoms with van der Waals surface area (Å²) < 4.78 is 1.90. The minimum absolute atomic E-state index is 0.543. The minimum atomic E-state index is 0.543. The molecular weight excluding hydrogens is 312 g/mol. The molecule has 0 aliphatic heterocycles. The standard InChI is InChI=1S/C19H12N6/c1-2-5-13(6-3-1)14-11-15-16(22-12-14)7-10-25-18(15)23-24-19(25)17-20-8-4-9-21-17/h1-12H. The summed E-state index contributed by atoms with van der Waals surface area (Å²) in [5.41, 5.74) is 3.78. The molecule has 0 amide bonds. The van der Waals surface area contributed by atoms with Crippen LogP contribution < -0.4 is 0 Å². The lowest BCUT2D eigenvalue weighted by atomic mass is 10.1. The molecule has 0 unspecified atom stereocenters. The number of nitrogens with zero attached hydrogens (tertiary/aromatic N) is 6. The van der Waals surface area contributed by atoms with Crippen molar-refractivity contribution in [2.75, 3.05) is 0 Å². The van der Waals surface area contributed by atoms with Crippen LogP contribution >= 0.6 is 0 Å². The molecule has 5 aromatic rings. The fourth-order valence-corrected chi connectivity index (χ4v) is 2.90. The van der Waals surface area contributed by atoms with Gasteiger partial charge in [0, 0.05) is 35.7 Å². The van der Waals surface area contributed by atoms with Crippen LogP contribution in [0.3, 0.4) is 0 Å². The Hall–Kier alpha value is -3.67. The van der Waals surface area contributed by atoms with Gasteiger partial charge >= 0.3 is 0 Å². The highest BCUT2D eigenvalue weighted by Crippen LogP contribution is 2.26. The van der Waals surface area contributed by atoms with E-state index in [-0.39, 0.29) is 0 Å². The Bertz CT molecular complexity index is 1180. The molecule has 0 aliphatic carbocycles. The second-order valence-electron chi connectivity index (χ2n) is 5.63. The molecule has 0 fully saturated rings. The van der Waals surface area contributed by atoms with Crippen molar-refractivity contribution in [1.29, 1.82) is 0 Å². The van der Waals surface area contributed by atoms with Crippen LogP contribution in [0.5, 0.6) is 0 Å². The van der Waals surface area contributed by atoms with E-state index in [1.807, 2.05) is 41.1 Å². The van der Waals surface area contributed by atoms with Crippen molar-refractivity contribution in [3.63, 3.8) is 0 Å². The molecule has 0 saturated heterocycles. The fraction of sp³-hybridized carbons (Fsp3) is 0. The molecule has 0 spiro atoms. The second kappa shape index (κ2) is 5.45. The topological polar surface area (TPSA) is 68.9 Å². The Kier molecular flexibility index (Phi) is 3.00. The van der Waals surface area contributed by atoms with Gasteiger partial charge in [-0.05, 0) is 23.8 Å². The van der Waals surface area contributed by atoms with Crippen LogP contribution in [-0.4, -0.2) is 29.5 Å². The molecular formula is C19H12N6. The molecule has 0 bridgehead atoms. The second-order valence-corrected chi connectivity index (χ2v) is 5.63. The lowest BCUT2D eigenvalue weighted by molar-refractivity contribution is 1.05. The van der Waals surface area contributed by atoms with E-state index in [0.29, 0.717) is 11.6 Å². The van der Waals surface area contributed by atoms with Crippen molar-refractivity contribution >= 4 is 16.6 Å². The maximum Gasteiger partial charge on any atom is 0.206 e. The molecule has 0 radical (unpaired) electrons. The highest BCUT2D eigenvalue weighted by molar-refractivity contribution is 5.94. The van der Waals surface area contributed by atoms with Gasteiger partial charge in [0.05, 0.1) is 5.52 Å². The first-order valence-corrected chi connectivity index (χ1v) is 7.86. The Balaban J connectivity index is 1.76. The molecule has 0 saturated carbocycles. The summed E-state index contributed by atoms with van der Waals surface area (Å²) in [6.45, 7) is 0. The van der Waals surface area contributed by atoms with Crippen LogP contribution in [0.15, 0.2) is 73.3 Å². The van der Waals surface area contributed by atoms with Gasteiger partial charge in [-0.25, -0.2) is 9.97 Å². The maximum atomic E-state index is 4.58. The first-order valence-electron chi connectivity index (χ1n) is 7.86. The van der Waals surface area contributed by atoms with Crippen LogP contribution in [0.2, 0.25) is 0 Å². The average molecular weight is 324 g/mol. The monoisotopic (exact) mass is 324 g/mol. The Morgan fingerprint density at radius 3 is 2.44 bits per heavy atom. The smallest absolute Gasteiger partial charge is 0.206 e. The Morgan fingerprint density at radius 1 is 0.760 bits per heavy atom. The summed E-state index contributed by atoms with van der Waals surface area (Å²) >= 11 is 0. The van der Waals surface area contributed by atoms with Crippen LogP contribution in [0, 0.1) is 0 Å². The van der Waals surface area contributed by atoms with Crippen molar-refractivity contribution < 1.29 is 0 Å². The normalized spacial score (nSPS) is 11.2. The van der Waals surface area contributed by atoms with Gasteiger partial charge in [0.1, 0.15) is 0 Å². The van der Waals surface area contributed by atoms with Gasteiger partial charge in [-0.3, -0.25) is 9.38 Å². The van der Waals surface area contributed by atoms with Gasteiger partial charge in [-0.2, -0.15) is 0 Å². The lowest BCUT2D eigenvalue weighted by Gasteiger charge is -2.05. The third-order valence-electron chi connectivity index (χ3n) is 4.11. The van der Waals surface area contributed by atoms with E-state index >= 15 is 0 Å². The summed E-state index contributed by atoms with van der Waals surface area (Å²) in [6.07, 6.45) is 7.17. The molecule has 4 heterocycles. The van der Waals surface area contributed by atoms with Crippen LogP contribution in [0.1, 0.15) is 0 Å². The molecule has 1 aromatic carbocycles. The third-order valence-corrected chi connectivity index (χ3v) is 4.11. The number of hydrogen-bond donors (Lipinski definition) is 0. The van der Waals surface area contributed by atoms with Crippen LogP contribution in [0.4, 0.5) is 0 Å². The Labute approximate surface area is 142 Å². The number of rotatable bonds is 2. The first kappa shape index (κ1) is 13.7. The van der Waals surface area contributed by atoms with Gasteiger partial charge in [0.2, 0.25) is 5.82 Å². The minimum Gasteiger partial charge on any atom is -0.279 e. The molecule has 25 heavy (non-hydrogen) atoms. The number of benzene rings is 1. The number of fused-ring (bicyclic) bond motifs is 3. The SMILES string of the molecule is c1ccc(-c2cnc3ccn4c(-c5ncccn5)nnc4c3c2)cc1. The summed E-state index contributed by atoms with van der Waals surface area (Å²) in [5, 5.41) is 9.57. The van der Waals surface area contributed by atoms with Gasteiger partial charge in [-0.15, -0.1) is 10.2 Å². The van der Waals surface area contributed by atoms with Crippen LogP contribution in [-0.2, 0) is 0 Å². The Morgan fingerprint density at radius 2 is 1.60 bits per heavy atom. The van der Waals surface area contributed by atoms with Gasteiger partial charge in [0.15, 0.2) is 11.5 Å². The van der Waals surface area contributed by atoms with E-state index in [2.05, 4.69) is 43.3 Å². The largest absolute Gasteiger partial charge is 0.279 e. The van der Waals surface area contributed by atoms with E-state index in [4.69, 9.17) is 0 Å². The van der Waals surface area contributed by atoms with Gasteiger partial charge < -0.3 is 0 Å². The quantitative estimate of drug-likeness (QED) is 0.498. The zero-order valence-electron chi connectivity index (χ0n) is 13.1. The van der Waals surface area contributed by atoms with E-state index < -0.39 is 0 Å². The fourth-order valence-electron chi connectivity index (χ4n) is 2.90. The zero-order valence-corrected chi connectivity index (χ0v) is 13.1. The highest BCUT2D eigenvalue weighted by atomic mass is 15.3. The van der Waals surface area contributed by atoms with E-state index in [1.165, 1.54) is 0 Å². The lowest BCUT2D eigenvalue weighted by Crippen LogP contribution is -1.95. The highest BCUT2D eigenvalue weighted by Gasteiger charge is 2.13. The molecule has 0 N–H and O–H groups in total. The summed E-state index contributed by atoms with van der Waals surface area (Å²) in [4.78, 5) is 13.1. The first-order chi connectivity index (χ1) is 12.4. The molecule has 0 atom stereocenters. The summed E-state index contributed by atoms with van der Waals surface area (Å²) in [7, 11) is 0. The summed E-state index contributed by atoms with van der Waals surface area (Å²) in [5.74, 6) is 1.16. The predicted molar refractivity (Wildman–Crippen MR) is 94.8 cm³/mol. The van der Waals surface area contributed by atoms with Gasteiger partial charge in [0.25, 0.3) is 0 Å². The molecule has 6 nitrogen and oxygen atoms in total. The molecule has 6 heteroatoms. The molecule has 5 rings (SSSR count). The van der Waals surface area contributed by atoms with E-state index in [1.54, 1.807) is 18.5 Å². The van der Waals surface area contributed by atoms with Crippen molar-refractivity contribution in [1.82, 2.24) is 29.5 Å². The third kappa shape index (κ3) is 2.23. The van der Waals surface area contributed by atoms with Crippen molar-refractivity contribution in [2.45, 2.75) is 0 Å². The predicted octanol–water partition coefficient (Wildman–Crippen LogP) is 3.40. The maximum absolute atomic E-state index is 4.58. The van der Waals surface area contributed by atoms with Gasteiger partial charge in [-0.1, -0.05) is 30.3 Å². The average Bonchev–Trinajstić information content (AvgIpc) is 3.13. The number of pyridine rings is 2. The molecule has 4 aromatic heterocycles. The number of hydrogen-bond acceptors (Lipinski definition) is 5. The van der Waals surface area contributed by atoms with E-state index in [0.717, 1.165) is 27.7 Å². The van der Waals surface area contributed by atoms with E-state index in [9.17, 15) is 0 Å². The number of aromatic nitrogens is 6. The summed E-state index contributed by atoms with van der Waals surface area (Å²) in [6, 6.07) is 16.0. The van der Waals surface area contributed by atoms with Crippen molar-refractivity contribution in [3.8, 4) is 22.8 Å². The molecule has 0 aliphatic rings.